The number of fused-ring (bicyclic) bond motifs is 1. The molecule has 34 heavy (non-hydrogen) atoms. The van der Waals surface area contributed by atoms with Crippen molar-refractivity contribution in [3.05, 3.63) is 95.6 Å². The highest BCUT2D eigenvalue weighted by atomic mass is 16.4. The van der Waals surface area contributed by atoms with Crippen molar-refractivity contribution in [3.63, 3.8) is 0 Å². The first-order valence-electron chi connectivity index (χ1n) is 12.1. The van der Waals surface area contributed by atoms with Crippen LogP contribution in [0.3, 0.4) is 0 Å². The molecule has 4 heteroatoms. The van der Waals surface area contributed by atoms with E-state index in [1.165, 1.54) is 16.7 Å². The predicted octanol–water partition coefficient (Wildman–Crippen LogP) is 6.68. The average molecular weight is 452 g/mol. The average Bonchev–Trinajstić information content (AvgIpc) is 3.28. The number of hydrogen-bond acceptors (Lipinski definition) is 2. The molecule has 0 aliphatic heterocycles. The lowest BCUT2D eigenvalue weighted by atomic mass is 9.77. The molecular weight excluding hydrogens is 422 g/mol. The third-order valence-electron chi connectivity index (χ3n) is 7.22. The van der Waals surface area contributed by atoms with E-state index in [1.54, 1.807) is 0 Å². The zero-order chi connectivity index (χ0) is 23.5. The standard InChI is InChI=1S/C30H29NO3/c32-29(33)18-20-6-8-21(9-7-20)22-10-12-23(13-11-22)24-14-16-27-25(19-24)15-17-28(27)30(34)31-26-4-2-1-3-5-26/h1-5,10-14,16-17,19-21H,6-9,15,18H2,(H,31,34)(H,32,33). The number of para-hydroxylation sites is 1. The van der Waals surface area contributed by atoms with Gasteiger partial charge in [-0.2, -0.15) is 0 Å². The number of aliphatic carboxylic acids is 1. The Morgan fingerprint density at radius 1 is 0.853 bits per heavy atom. The van der Waals surface area contributed by atoms with Crippen LogP contribution in [0.25, 0.3) is 16.7 Å². The number of carboxylic acids is 1. The molecule has 2 aliphatic rings. The van der Waals surface area contributed by atoms with Crippen LogP contribution in [-0.2, 0) is 16.0 Å². The first kappa shape index (κ1) is 22.1. The lowest BCUT2D eigenvalue weighted by Gasteiger charge is -2.28. The van der Waals surface area contributed by atoms with Gasteiger partial charge >= 0.3 is 5.97 Å². The van der Waals surface area contributed by atoms with Crippen molar-refractivity contribution in [3.8, 4) is 11.1 Å². The molecular formula is C30H29NO3. The summed E-state index contributed by atoms with van der Waals surface area (Å²) in [7, 11) is 0. The summed E-state index contributed by atoms with van der Waals surface area (Å²) >= 11 is 0. The minimum atomic E-state index is -0.679. The van der Waals surface area contributed by atoms with Gasteiger partial charge in [0.15, 0.2) is 0 Å². The highest BCUT2D eigenvalue weighted by molar-refractivity contribution is 6.26. The Bertz CT molecular complexity index is 1220. The third kappa shape index (κ3) is 4.81. The van der Waals surface area contributed by atoms with Gasteiger partial charge < -0.3 is 10.4 Å². The van der Waals surface area contributed by atoms with E-state index in [1.807, 2.05) is 36.4 Å². The molecule has 1 amide bonds. The molecule has 5 rings (SSSR count). The molecule has 172 valence electrons. The van der Waals surface area contributed by atoms with E-state index in [0.29, 0.717) is 18.3 Å². The Hall–Kier alpha value is -3.66. The van der Waals surface area contributed by atoms with E-state index in [0.717, 1.165) is 54.5 Å². The first-order chi connectivity index (χ1) is 16.6. The lowest BCUT2D eigenvalue weighted by molar-refractivity contribution is -0.138. The number of carbonyl (C=O) groups is 2. The number of allylic oxidation sites excluding steroid dienone is 1. The molecule has 0 radical (unpaired) electrons. The number of rotatable bonds is 6. The van der Waals surface area contributed by atoms with Gasteiger partial charge in [0, 0.05) is 17.7 Å². The largest absolute Gasteiger partial charge is 0.481 e. The second kappa shape index (κ2) is 9.68. The molecule has 0 spiro atoms. The number of nitrogens with one attached hydrogen (secondary N) is 1. The molecule has 0 atom stereocenters. The quantitative estimate of drug-likeness (QED) is 0.439. The van der Waals surface area contributed by atoms with Gasteiger partial charge in [0.25, 0.3) is 5.91 Å². The molecule has 1 saturated carbocycles. The van der Waals surface area contributed by atoms with Crippen LogP contribution < -0.4 is 5.32 Å². The van der Waals surface area contributed by atoms with Crippen molar-refractivity contribution < 1.29 is 14.7 Å². The lowest BCUT2D eigenvalue weighted by Crippen LogP contribution is -2.16. The van der Waals surface area contributed by atoms with E-state index in [9.17, 15) is 9.59 Å². The Kier molecular flexibility index (Phi) is 6.31. The summed E-state index contributed by atoms with van der Waals surface area (Å²) in [4.78, 5) is 23.7. The Labute approximate surface area is 200 Å². The first-order valence-corrected chi connectivity index (χ1v) is 12.1. The number of carboxylic acid groups (broad SMARTS) is 1. The predicted molar refractivity (Wildman–Crippen MR) is 136 cm³/mol. The van der Waals surface area contributed by atoms with Crippen molar-refractivity contribution in [2.75, 3.05) is 5.32 Å². The summed E-state index contributed by atoms with van der Waals surface area (Å²) < 4.78 is 0. The molecule has 0 aromatic heterocycles. The van der Waals surface area contributed by atoms with Crippen LogP contribution in [0, 0.1) is 5.92 Å². The summed E-state index contributed by atoms with van der Waals surface area (Å²) in [6.45, 7) is 0. The molecule has 3 aromatic rings. The highest BCUT2D eigenvalue weighted by Gasteiger charge is 2.24. The monoisotopic (exact) mass is 451 g/mol. The third-order valence-corrected chi connectivity index (χ3v) is 7.22. The van der Waals surface area contributed by atoms with Crippen LogP contribution in [0.1, 0.15) is 54.7 Å². The number of benzene rings is 3. The van der Waals surface area contributed by atoms with Gasteiger partial charge in [-0.25, -0.2) is 0 Å². The Morgan fingerprint density at radius 3 is 2.26 bits per heavy atom. The fourth-order valence-electron chi connectivity index (χ4n) is 5.36. The molecule has 0 saturated heterocycles. The van der Waals surface area contributed by atoms with Gasteiger partial charge in [-0.05, 0) is 83.9 Å². The van der Waals surface area contributed by atoms with Crippen molar-refractivity contribution >= 4 is 23.1 Å². The summed E-state index contributed by atoms with van der Waals surface area (Å²) in [6, 6.07) is 24.7. The smallest absolute Gasteiger partial charge is 0.303 e. The molecule has 4 nitrogen and oxygen atoms in total. The summed E-state index contributed by atoms with van der Waals surface area (Å²) in [5.74, 6) is 0.100. The van der Waals surface area contributed by atoms with Gasteiger partial charge in [-0.3, -0.25) is 9.59 Å². The van der Waals surface area contributed by atoms with Gasteiger partial charge in [0.05, 0.1) is 0 Å². The normalized spacial score (nSPS) is 19.2. The number of amides is 1. The Morgan fingerprint density at radius 2 is 1.56 bits per heavy atom. The zero-order valence-corrected chi connectivity index (χ0v) is 19.2. The highest BCUT2D eigenvalue weighted by Crippen LogP contribution is 2.38. The second-order valence-corrected chi connectivity index (χ2v) is 9.45. The van der Waals surface area contributed by atoms with E-state index in [4.69, 9.17) is 5.11 Å². The fourth-order valence-corrected chi connectivity index (χ4v) is 5.36. The molecule has 1 fully saturated rings. The number of anilines is 1. The van der Waals surface area contributed by atoms with Crippen LogP contribution in [0.4, 0.5) is 5.69 Å². The molecule has 3 aromatic carbocycles. The fraction of sp³-hybridized carbons (Fsp3) is 0.267. The van der Waals surface area contributed by atoms with Crippen molar-refractivity contribution in [1.82, 2.24) is 0 Å². The van der Waals surface area contributed by atoms with Crippen molar-refractivity contribution in [2.24, 2.45) is 5.92 Å². The van der Waals surface area contributed by atoms with Gasteiger partial charge in [-0.1, -0.05) is 66.7 Å². The Balaban J connectivity index is 1.25. The summed E-state index contributed by atoms with van der Waals surface area (Å²) in [6.07, 6.45) is 7.20. The number of carbonyl (C=O) groups excluding carboxylic acids is 1. The number of hydrogen-bond donors (Lipinski definition) is 2. The molecule has 2 N–H and O–H groups in total. The molecule has 0 bridgehead atoms. The van der Waals surface area contributed by atoms with Crippen molar-refractivity contribution in [2.45, 2.75) is 44.4 Å². The topological polar surface area (TPSA) is 66.4 Å². The maximum absolute atomic E-state index is 12.8. The van der Waals surface area contributed by atoms with Crippen LogP contribution in [0.5, 0.6) is 0 Å². The van der Waals surface area contributed by atoms with E-state index in [2.05, 4.69) is 47.8 Å². The van der Waals surface area contributed by atoms with Crippen LogP contribution in [-0.4, -0.2) is 17.0 Å². The van der Waals surface area contributed by atoms with Gasteiger partial charge in [0.1, 0.15) is 0 Å². The summed E-state index contributed by atoms with van der Waals surface area (Å²) in [5, 5.41) is 12.0. The molecule has 0 heterocycles. The summed E-state index contributed by atoms with van der Waals surface area (Å²) in [5.41, 5.74) is 7.40. The second-order valence-electron chi connectivity index (χ2n) is 9.45. The van der Waals surface area contributed by atoms with Crippen LogP contribution >= 0.6 is 0 Å². The van der Waals surface area contributed by atoms with Crippen LogP contribution in [0.2, 0.25) is 0 Å². The van der Waals surface area contributed by atoms with E-state index < -0.39 is 5.97 Å². The maximum Gasteiger partial charge on any atom is 0.303 e. The maximum atomic E-state index is 12.8. The van der Waals surface area contributed by atoms with Crippen LogP contribution in [0.15, 0.2) is 78.9 Å². The van der Waals surface area contributed by atoms with E-state index >= 15 is 0 Å². The van der Waals surface area contributed by atoms with Crippen molar-refractivity contribution in [1.29, 1.82) is 0 Å². The molecule has 2 aliphatic carbocycles. The minimum absolute atomic E-state index is 0.0693. The minimum Gasteiger partial charge on any atom is -0.481 e. The molecule has 0 unspecified atom stereocenters. The van der Waals surface area contributed by atoms with Gasteiger partial charge in [-0.15, -0.1) is 0 Å². The zero-order valence-electron chi connectivity index (χ0n) is 19.2. The van der Waals surface area contributed by atoms with Gasteiger partial charge in [0.2, 0.25) is 0 Å². The van der Waals surface area contributed by atoms with E-state index in [-0.39, 0.29) is 5.91 Å². The SMILES string of the molecule is O=C(O)CC1CCC(c2ccc(-c3ccc4c(c3)CC=C4C(=O)Nc3ccccc3)cc2)CC1.